The molecule has 1 aliphatic rings. The average molecular weight is 254 g/mol. The van der Waals surface area contributed by atoms with E-state index >= 15 is 0 Å². The minimum atomic E-state index is -4.73. The Morgan fingerprint density at radius 2 is 1.94 bits per heavy atom. The van der Waals surface area contributed by atoms with Gasteiger partial charge in [-0.2, -0.15) is 0 Å². The molecule has 1 fully saturated rings. The van der Waals surface area contributed by atoms with E-state index in [9.17, 15) is 22.8 Å². The van der Waals surface area contributed by atoms with Crippen molar-refractivity contribution in [3.05, 3.63) is 0 Å². The molecule has 8 heteroatoms. The molecule has 0 aromatic heterocycles. The second-order valence-electron chi connectivity index (χ2n) is 3.73. The summed E-state index contributed by atoms with van der Waals surface area (Å²) in [6.07, 6.45) is -4.73. The highest BCUT2D eigenvalue weighted by atomic mass is 19.4. The van der Waals surface area contributed by atoms with Crippen LogP contribution in [-0.4, -0.2) is 48.3 Å². The van der Waals surface area contributed by atoms with Gasteiger partial charge < -0.3 is 10.2 Å². The monoisotopic (exact) mass is 254 g/mol. The number of halogens is 3. The molecule has 0 aromatic carbocycles. The summed E-state index contributed by atoms with van der Waals surface area (Å²) in [5.41, 5.74) is 0. The van der Waals surface area contributed by atoms with Gasteiger partial charge in [0.1, 0.15) is 12.1 Å². The number of hydrogen-bond acceptors (Lipinski definition) is 3. The molecular formula is C9H13F3N2O3. The van der Waals surface area contributed by atoms with Gasteiger partial charge in [0.25, 0.3) is 0 Å². The van der Waals surface area contributed by atoms with Crippen LogP contribution in [0.15, 0.2) is 0 Å². The maximum absolute atomic E-state index is 11.8. The van der Waals surface area contributed by atoms with Gasteiger partial charge in [0.05, 0.1) is 6.61 Å². The molecule has 2 unspecified atom stereocenters. The van der Waals surface area contributed by atoms with Crippen LogP contribution in [-0.2, 0) is 14.3 Å². The summed E-state index contributed by atoms with van der Waals surface area (Å²) in [6, 6.07) is -1.50. The highest BCUT2D eigenvalue weighted by molar-refractivity contribution is 5.96. The fourth-order valence-corrected chi connectivity index (χ4v) is 1.54. The third-order valence-corrected chi connectivity index (χ3v) is 2.46. The summed E-state index contributed by atoms with van der Waals surface area (Å²) in [6.45, 7) is 1.98. The molecule has 0 saturated carbocycles. The second-order valence-corrected chi connectivity index (χ2v) is 3.73. The first-order chi connectivity index (χ1) is 7.72. The Kier molecular flexibility index (Phi) is 3.97. The first-order valence-corrected chi connectivity index (χ1v) is 5.04. The van der Waals surface area contributed by atoms with E-state index in [1.807, 2.05) is 0 Å². The third-order valence-electron chi connectivity index (χ3n) is 2.46. The van der Waals surface area contributed by atoms with Gasteiger partial charge in [0, 0.05) is 6.54 Å². The number of carbonyl (C=O) groups excluding carboxylic acids is 2. The maximum atomic E-state index is 11.8. The number of nitrogens with one attached hydrogen (secondary N) is 1. The molecule has 17 heavy (non-hydrogen) atoms. The Morgan fingerprint density at radius 3 is 2.47 bits per heavy atom. The topological polar surface area (TPSA) is 58.6 Å². The van der Waals surface area contributed by atoms with Gasteiger partial charge >= 0.3 is 6.36 Å². The zero-order valence-corrected chi connectivity index (χ0v) is 9.37. The van der Waals surface area contributed by atoms with Gasteiger partial charge in [-0.1, -0.05) is 0 Å². The Labute approximate surface area is 95.9 Å². The van der Waals surface area contributed by atoms with Crippen LogP contribution in [0.3, 0.4) is 0 Å². The fourth-order valence-electron chi connectivity index (χ4n) is 1.54. The van der Waals surface area contributed by atoms with Crippen LogP contribution in [0.5, 0.6) is 0 Å². The summed E-state index contributed by atoms with van der Waals surface area (Å²) in [5.74, 6) is -0.799. The quantitative estimate of drug-likeness (QED) is 0.785. The van der Waals surface area contributed by atoms with Crippen LogP contribution in [0.1, 0.15) is 13.8 Å². The predicted octanol–water partition coefficient (Wildman–Crippen LogP) is 0.258. The molecule has 1 N–H and O–H groups in total. The molecule has 2 atom stereocenters. The van der Waals surface area contributed by atoms with Crippen molar-refractivity contribution >= 4 is 11.8 Å². The van der Waals surface area contributed by atoms with E-state index in [1.165, 1.54) is 13.8 Å². The molecule has 1 saturated heterocycles. The zero-order chi connectivity index (χ0) is 13.2. The van der Waals surface area contributed by atoms with Gasteiger partial charge in [-0.15, -0.1) is 13.2 Å². The number of amides is 2. The Bertz CT molecular complexity index is 319. The molecule has 0 aliphatic carbocycles. The summed E-state index contributed by atoms with van der Waals surface area (Å²) < 4.78 is 38.8. The number of nitrogens with zero attached hydrogens (tertiary/aromatic N) is 1. The Balaban J connectivity index is 2.55. The van der Waals surface area contributed by atoms with E-state index in [-0.39, 0.29) is 12.5 Å². The van der Waals surface area contributed by atoms with E-state index in [2.05, 4.69) is 10.1 Å². The molecule has 0 bridgehead atoms. The molecule has 98 valence electrons. The van der Waals surface area contributed by atoms with E-state index < -0.39 is 31.0 Å². The van der Waals surface area contributed by atoms with Crippen LogP contribution in [0.2, 0.25) is 0 Å². The lowest BCUT2D eigenvalue weighted by molar-refractivity contribution is -0.325. The SMILES string of the molecule is CC1NC(=O)C(C)N(CCOC(F)(F)F)C1=O. The van der Waals surface area contributed by atoms with Gasteiger partial charge in [0.2, 0.25) is 11.8 Å². The highest BCUT2D eigenvalue weighted by Crippen LogP contribution is 2.16. The average Bonchev–Trinajstić information content (AvgIpc) is 2.19. The first kappa shape index (κ1) is 13.8. The van der Waals surface area contributed by atoms with Crippen molar-refractivity contribution in [1.82, 2.24) is 10.2 Å². The molecule has 1 rings (SSSR count). The van der Waals surface area contributed by atoms with Crippen molar-refractivity contribution in [2.24, 2.45) is 0 Å². The molecule has 0 aromatic rings. The van der Waals surface area contributed by atoms with Crippen molar-refractivity contribution in [2.45, 2.75) is 32.3 Å². The molecule has 2 amide bonds. The number of hydrogen-bond donors (Lipinski definition) is 1. The second kappa shape index (κ2) is 4.91. The first-order valence-electron chi connectivity index (χ1n) is 5.04. The molecule has 5 nitrogen and oxygen atoms in total. The molecule has 1 aliphatic heterocycles. The summed E-state index contributed by atoms with van der Waals surface area (Å²) in [4.78, 5) is 24.0. The van der Waals surface area contributed by atoms with Crippen molar-refractivity contribution < 1.29 is 27.5 Å². The molecular weight excluding hydrogens is 241 g/mol. The predicted molar refractivity (Wildman–Crippen MR) is 50.8 cm³/mol. The van der Waals surface area contributed by atoms with E-state index in [0.717, 1.165) is 4.90 Å². The number of rotatable bonds is 3. The standard InChI is InChI=1S/C9H13F3N2O3/c1-5-8(16)14(6(2)7(15)13-5)3-4-17-9(10,11)12/h5-6H,3-4H2,1-2H3,(H,13,15). The van der Waals surface area contributed by atoms with E-state index in [1.54, 1.807) is 0 Å². The van der Waals surface area contributed by atoms with Gasteiger partial charge in [0.15, 0.2) is 0 Å². The van der Waals surface area contributed by atoms with Crippen LogP contribution in [0, 0.1) is 0 Å². The molecule has 0 radical (unpaired) electrons. The number of alkyl halides is 3. The lowest BCUT2D eigenvalue weighted by atomic mass is 10.1. The van der Waals surface area contributed by atoms with Crippen molar-refractivity contribution in [3.63, 3.8) is 0 Å². The van der Waals surface area contributed by atoms with Gasteiger partial charge in [-0.3, -0.25) is 14.3 Å². The maximum Gasteiger partial charge on any atom is 0.522 e. The minimum absolute atomic E-state index is 0.267. The van der Waals surface area contributed by atoms with Crippen LogP contribution in [0.4, 0.5) is 13.2 Å². The molecule has 1 heterocycles. The van der Waals surface area contributed by atoms with Gasteiger partial charge in [-0.25, -0.2) is 0 Å². The highest BCUT2D eigenvalue weighted by Gasteiger charge is 2.36. The molecule has 0 spiro atoms. The minimum Gasteiger partial charge on any atom is -0.343 e. The number of ether oxygens (including phenoxy) is 1. The van der Waals surface area contributed by atoms with Crippen molar-refractivity contribution in [2.75, 3.05) is 13.2 Å². The van der Waals surface area contributed by atoms with Crippen LogP contribution in [0.25, 0.3) is 0 Å². The Morgan fingerprint density at radius 1 is 1.35 bits per heavy atom. The summed E-state index contributed by atoms with van der Waals surface area (Å²) in [7, 11) is 0. The van der Waals surface area contributed by atoms with E-state index in [4.69, 9.17) is 0 Å². The van der Waals surface area contributed by atoms with Crippen molar-refractivity contribution in [3.8, 4) is 0 Å². The lowest BCUT2D eigenvalue weighted by Gasteiger charge is -2.36. The normalized spacial score (nSPS) is 26.1. The van der Waals surface area contributed by atoms with E-state index in [0.29, 0.717) is 0 Å². The number of carbonyl (C=O) groups is 2. The smallest absolute Gasteiger partial charge is 0.343 e. The zero-order valence-electron chi connectivity index (χ0n) is 9.37. The van der Waals surface area contributed by atoms with Crippen LogP contribution >= 0.6 is 0 Å². The number of piperazine rings is 1. The largest absolute Gasteiger partial charge is 0.522 e. The fraction of sp³-hybridized carbons (Fsp3) is 0.778. The van der Waals surface area contributed by atoms with Crippen molar-refractivity contribution in [1.29, 1.82) is 0 Å². The Hall–Kier alpha value is -1.31. The summed E-state index contributed by atoms with van der Waals surface area (Å²) >= 11 is 0. The van der Waals surface area contributed by atoms with Gasteiger partial charge in [-0.05, 0) is 13.8 Å². The van der Waals surface area contributed by atoms with Crippen LogP contribution < -0.4 is 5.32 Å². The third kappa shape index (κ3) is 3.58. The lowest BCUT2D eigenvalue weighted by Crippen LogP contribution is -2.62. The summed E-state index contributed by atoms with van der Waals surface area (Å²) in [5, 5.41) is 2.42.